The van der Waals surface area contributed by atoms with Crippen molar-refractivity contribution >= 4 is 5.91 Å². The molecule has 1 aromatic rings. The van der Waals surface area contributed by atoms with Gasteiger partial charge in [0.15, 0.2) is 0 Å². The first-order chi connectivity index (χ1) is 9.35. The van der Waals surface area contributed by atoms with Gasteiger partial charge in [-0.25, -0.2) is 8.78 Å². The number of amides is 1. The van der Waals surface area contributed by atoms with Crippen molar-refractivity contribution in [2.75, 3.05) is 27.2 Å². The average Bonchev–Trinajstić information content (AvgIpc) is 2.40. The third-order valence-electron chi connectivity index (χ3n) is 3.08. The molecule has 2 N–H and O–H groups in total. The SMILES string of the molecule is CNC(=O)C(C)CN(C)CC(O)c1cc(F)ccc1F. The van der Waals surface area contributed by atoms with Crippen molar-refractivity contribution in [2.24, 2.45) is 5.92 Å². The van der Waals surface area contributed by atoms with E-state index >= 15 is 0 Å². The van der Waals surface area contributed by atoms with E-state index in [1.54, 1.807) is 25.9 Å². The summed E-state index contributed by atoms with van der Waals surface area (Å²) < 4.78 is 26.6. The number of benzene rings is 1. The lowest BCUT2D eigenvalue weighted by Crippen LogP contribution is -2.36. The highest BCUT2D eigenvalue weighted by Gasteiger charge is 2.19. The molecule has 0 radical (unpaired) electrons. The zero-order chi connectivity index (χ0) is 15.3. The number of halogens is 2. The molecular weight excluding hydrogens is 266 g/mol. The molecule has 1 amide bonds. The fourth-order valence-corrected chi connectivity index (χ4v) is 2.03. The Bertz CT molecular complexity index is 468. The molecule has 0 aliphatic carbocycles. The molecule has 0 aliphatic rings. The van der Waals surface area contributed by atoms with Crippen molar-refractivity contribution < 1.29 is 18.7 Å². The summed E-state index contributed by atoms with van der Waals surface area (Å²) in [6.07, 6.45) is -1.15. The second-order valence-electron chi connectivity index (χ2n) is 4.92. The normalized spacial score (nSPS) is 14.2. The summed E-state index contributed by atoms with van der Waals surface area (Å²) in [5, 5.41) is 12.5. The number of carbonyl (C=O) groups excluding carboxylic acids is 1. The molecule has 6 heteroatoms. The highest BCUT2D eigenvalue weighted by molar-refractivity contribution is 5.78. The Morgan fingerprint density at radius 1 is 1.40 bits per heavy atom. The van der Waals surface area contributed by atoms with Gasteiger partial charge in [-0.05, 0) is 25.2 Å². The van der Waals surface area contributed by atoms with Gasteiger partial charge in [0, 0.05) is 31.6 Å². The highest BCUT2D eigenvalue weighted by Crippen LogP contribution is 2.19. The smallest absolute Gasteiger partial charge is 0.223 e. The average molecular weight is 286 g/mol. The fraction of sp³-hybridized carbons (Fsp3) is 0.500. The number of hydrogen-bond acceptors (Lipinski definition) is 3. The molecule has 2 unspecified atom stereocenters. The van der Waals surface area contributed by atoms with Crippen molar-refractivity contribution in [1.29, 1.82) is 0 Å². The van der Waals surface area contributed by atoms with Gasteiger partial charge in [-0.15, -0.1) is 0 Å². The zero-order valence-electron chi connectivity index (χ0n) is 11.9. The maximum absolute atomic E-state index is 13.5. The van der Waals surface area contributed by atoms with Gasteiger partial charge in [-0.2, -0.15) is 0 Å². The Labute approximate surface area is 117 Å². The van der Waals surface area contributed by atoms with E-state index in [9.17, 15) is 18.7 Å². The molecule has 0 fully saturated rings. The van der Waals surface area contributed by atoms with Crippen LogP contribution in [0.3, 0.4) is 0 Å². The minimum Gasteiger partial charge on any atom is -0.387 e. The standard InChI is InChI=1S/C14H20F2N2O2/c1-9(14(20)17-2)7-18(3)8-13(19)11-6-10(15)4-5-12(11)16/h4-6,9,13,19H,7-8H2,1-3H3,(H,17,20). The maximum atomic E-state index is 13.5. The van der Waals surface area contributed by atoms with Crippen LogP contribution in [0.2, 0.25) is 0 Å². The van der Waals surface area contributed by atoms with Crippen LogP contribution in [0, 0.1) is 17.6 Å². The van der Waals surface area contributed by atoms with Gasteiger partial charge in [0.25, 0.3) is 0 Å². The Balaban J connectivity index is 2.63. The summed E-state index contributed by atoms with van der Waals surface area (Å²) in [6, 6.07) is 2.97. The number of nitrogens with zero attached hydrogens (tertiary/aromatic N) is 1. The molecule has 1 aromatic carbocycles. The van der Waals surface area contributed by atoms with Crippen LogP contribution in [0.4, 0.5) is 8.78 Å². The van der Waals surface area contributed by atoms with Crippen LogP contribution in [0.1, 0.15) is 18.6 Å². The van der Waals surface area contributed by atoms with Crippen molar-refractivity contribution in [2.45, 2.75) is 13.0 Å². The van der Waals surface area contributed by atoms with Crippen LogP contribution in [0.5, 0.6) is 0 Å². The minimum atomic E-state index is -1.15. The van der Waals surface area contributed by atoms with E-state index < -0.39 is 17.7 Å². The lowest BCUT2D eigenvalue weighted by atomic mass is 10.1. The number of carbonyl (C=O) groups is 1. The monoisotopic (exact) mass is 286 g/mol. The molecule has 20 heavy (non-hydrogen) atoms. The second-order valence-corrected chi connectivity index (χ2v) is 4.92. The van der Waals surface area contributed by atoms with E-state index in [1.807, 2.05) is 0 Å². The highest BCUT2D eigenvalue weighted by atomic mass is 19.1. The first kappa shape index (κ1) is 16.5. The Morgan fingerprint density at radius 3 is 2.65 bits per heavy atom. The molecule has 0 bridgehead atoms. The van der Waals surface area contributed by atoms with Crippen LogP contribution < -0.4 is 5.32 Å². The molecule has 0 heterocycles. The van der Waals surface area contributed by atoms with Crippen LogP contribution in [-0.2, 0) is 4.79 Å². The second kappa shape index (κ2) is 7.31. The summed E-state index contributed by atoms with van der Waals surface area (Å²) in [6.45, 7) is 2.28. The quantitative estimate of drug-likeness (QED) is 0.829. The molecule has 2 atom stereocenters. The van der Waals surface area contributed by atoms with Crippen LogP contribution in [0.25, 0.3) is 0 Å². The number of likely N-dealkylation sites (N-methyl/N-ethyl adjacent to an activating group) is 1. The Hall–Kier alpha value is -1.53. The fourth-order valence-electron chi connectivity index (χ4n) is 2.03. The van der Waals surface area contributed by atoms with Crippen LogP contribution in [0.15, 0.2) is 18.2 Å². The molecule has 0 spiro atoms. The van der Waals surface area contributed by atoms with E-state index in [0.29, 0.717) is 6.54 Å². The molecule has 0 saturated carbocycles. The molecule has 1 rings (SSSR count). The van der Waals surface area contributed by atoms with E-state index in [4.69, 9.17) is 0 Å². The van der Waals surface area contributed by atoms with Gasteiger partial charge in [0.2, 0.25) is 5.91 Å². The number of aliphatic hydroxyl groups excluding tert-OH is 1. The first-order valence-electron chi connectivity index (χ1n) is 6.38. The van der Waals surface area contributed by atoms with E-state index in [0.717, 1.165) is 18.2 Å². The maximum Gasteiger partial charge on any atom is 0.223 e. The van der Waals surface area contributed by atoms with Crippen molar-refractivity contribution in [1.82, 2.24) is 10.2 Å². The lowest BCUT2D eigenvalue weighted by Gasteiger charge is -2.23. The number of hydrogen-bond donors (Lipinski definition) is 2. The van der Waals surface area contributed by atoms with Gasteiger partial charge >= 0.3 is 0 Å². The molecule has 4 nitrogen and oxygen atoms in total. The lowest BCUT2D eigenvalue weighted by molar-refractivity contribution is -0.124. The van der Waals surface area contributed by atoms with Gasteiger partial charge in [-0.3, -0.25) is 4.79 Å². The summed E-state index contributed by atoms with van der Waals surface area (Å²) in [5.41, 5.74) is -0.0792. The summed E-state index contributed by atoms with van der Waals surface area (Å²) in [7, 11) is 3.26. The van der Waals surface area contributed by atoms with Crippen LogP contribution in [-0.4, -0.2) is 43.1 Å². The van der Waals surface area contributed by atoms with Crippen molar-refractivity contribution in [3.8, 4) is 0 Å². The van der Waals surface area contributed by atoms with Gasteiger partial charge in [-0.1, -0.05) is 6.92 Å². The first-order valence-corrected chi connectivity index (χ1v) is 6.38. The van der Waals surface area contributed by atoms with Gasteiger partial charge in [0.1, 0.15) is 11.6 Å². The molecule has 0 aromatic heterocycles. The zero-order valence-corrected chi connectivity index (χ0v) is 11.9. The number of nitrogens with one attached hydrogen (secondary N) is 1. The predicted octanol–water partition coefficient (Wildman–Crippen LogP) is 1.31. The number of aliphatic hydroxyl groups is 1. The third-order valence-corrected chi connectivity index (χ3v) is 3.08. The van der Waals surface area contributed by atoms with Crippen molar-refractivity contribution in [3.63, 3.8) is 0 Å². The summed E-state index contributed by atoms with van der Waals surface area (Å²) in [4.78, 5) is 13.1. The predicted molar refractivity (Wildman–Crippen MR) is 72.0 cm³/mol. The van der Waals surface area contributed by atoms with Gasteiger partial charge in [0.05, 0.1) is 6.10 Å². The Morgan fingerprint density at radius 2 is 2.05 bits per heavy atom. The minimum absolute atomic E-state index is 0.0792. The molecule has 0 aliphatic heterocycles. The third kappa shape index (κ3) is 4.54. The van der Waals surface area contributed by atoms with E-state index in [1.165, 1.54) is 0 Å². The largest absolute Gasteiger partial charge is 0.387 e. The van der Waals surface area contributed by atoms with E-state index in [2.05, 4.69) is 5.32 Å². The summed E-state index contributed by atoms with van der Waals surface area (Å²) in [5.74, 6) is -1.61. The molecule has 0 saturated heterocycles. The van der Waals surface area contributed by atoms with Crippen LogP contribution >= 0.6 is 0 Å². The summed E-state index contributed by atoms with van der Waals surface area (Å²) >= 11 is 0. The van der Waals surface area contributed by atoms with E-state index in [-0.39, 0.29) is 23.9 Å². The van der Waals surface area contributed by atoms with Gasteiger partial charge < -0.3 is 15.3 Å². The van der Waals surface area contributed by atoms with Crippen molar-refractivity contribution in [3.05, 3.63) is 35.4 Å². The molecule has 112 valence electrons. The Kier molecular flexibility index (Phi) is 6.04. The number of rotatable bonds is 6. The topological polar surface area (TPSA) is 52.6 Å². The molecular formula is C14H20F2N2O2.